The van der Waals surface area contributed by atoms with Crippen LogP contribution < -0.4 is 10.1 Å². The maximum absolute atomic E-state index is 11.8. The van der Waals surface area contributed by atoms with Crippen molar-refractivity contribution >= 4 is 5.69 Å². The molecule has 0 bridgehead atoms. The lowest BCUT2D eigenvalue weighted by Crippen LogP contribution is -2.18. The van der Waals surface area contributed by atoms with Gasteiger partial charge >= 0.3 is 6.18 Å². The van der Waals surface area contributed by atoms with E-state index in [1.165, 1.54) is 0 Å². The molecule has 3 nitrogen and oxygen atoms in total. The molecule has 0 fully saturated rings. The standard InChI is InChI=1S/C13H18F3NO2/c1-10-8-11(4-5-12(10)18-2)17-6-3-7-19-9-13(14,15)16/h4-5,8,17H,3,6-7,9H2,1-2H3. The highest BCUT2D eigenvalue weighted by Crippen LogP contribution is 2.21. The highest BCUT2D eigenvalue weighted by molar-refractivity contribution is 5.50. The van der Waals surface area contributed by atoms with Crippen LogP contribution in [-0.2, 0) is 4.74 Å². The van der Waals surface area contributed by atoms with Crippen molar-refractivity contribution in [1.82, 2.24) is 0 Å². The van der Waals surface area contributed by atoms with E-state index in [0.29, 0.717) is 13.0 Å². The Bertz CT molecular complexity index is 394. The Morgan fingerprint density at radius 2 is 2.00 bits per heavy atom. The summed E-state index contributed by atoms with van der Waals surface area (Å²) in [7, 11) is 1.60. The van der Waals surface area contributed by atoms with Gasteiger partial charge in [0.05, 0.1) is 7.11 Å². The number of methoxy groups -OCH3 is 1. The summed E-state index contributed by atoms with van der Waals surface area (Å²) in [5, 5.41) is 3.12. The second-order valence-electron chi connectivity index (χ2n) is 4.13. The highest BCUT2D eigenvalue weighted by Gasteiger charge is 2.27. The van der Waals surface area contributed by atoms with E-state index < -0.39 is 12.8 Å². The van der Waals surface area contributed by atoms with Crippen LogP contribution in [0.4, 0.5) is 18.9 Å². The quantitative estimate of drug-likeness (QED) is 0.775. The van der Waals surface area contributed by atoms with Gasteiger partial charge < -0.3 is 14.8 Å². The summed E-state index contributed by atoms with van der Waals surface area (Å²) in [6, 6.07) is 5.63. The summed E-state index contributed by atoms with van der Waals surface area (Å²) < 4.78 is 45.0. The van der Waals surface area contributed by atoms with Gasteiger partial charge in [-0.3, -0.25) is 0 Å². The smallest absolute Gasteiger partial charge is 0.411 e. The summed E-state index contributed by atoms with van der Waals surface area (Å²) in [4.78, 5) is 0. The second-order valence-corrected chi connectivity index (χ2v) is 4.13. The van der Waals surface area contributed by atoms with Gasteiger partial charge in [-0.05, 0) is 37.1 Å². The molecule has 0 atom stereocenters. The molecule has 0 unspecified atom stereocenters. The number of rotatable bonds is 7. The van der Waals surface area contributed by atoms with Crippen LogP contribution in [0, 0.1) is 6.92 Å². The van der Waals surface area contributed by atoms with Crippen LogP contribution in [0.1, 0.15) is 12.0 Å². The first-order valence-corrected chi connectivity index (χ1v) is 5.95. The van der Waals surface area contributed by atoms with Gasteiger partial charge in [0, 0.05) is 18.8 Å². The van der Waals surface area contributed by atoms with Gasteiger partial charge in [0.25, 0.3) is 0 Å². The summed E-state index contributed by atoms with van der Waals surface area (Å²) in [5.41, 5.74) is 1.91. The molecule has 0 radical (unpaired) electrons. The van der Waals surface area contributed by atoms with Crippen LogP contribution >= 0.6 is 0 Å². The maximum Gasteiger partial charge on any atom is 0.411 e. The fourth-order valence-electron chi connectivity index (χ4n) is 1.58. The van der Waals surface area contributed by atoms with Crippen molar-refractivity contribution < 1.29 is 22.6 Å². The van der Waals surface area contributed by atoms with Gasteiger partial charge in [0.1, 0.15) is 12.4 Å². The molecule has 0 aromatic heterocycles. The maximum atomic E-state index is 11.8. The van der Waals surface area contributed by atoms with Crippen LogP contribution in [0.5, 0.6) is 5.75 Å². The molecular formula is C13H18F3NO2. The van der Waals surface area contributed by atoms with Gasteiger partial charge in [-0.15, -0.1) is 0 Å². The number of benzene rings is 1. The van der Waals surface area contributed by atoms with E-state index in [2.05, 4.69) is 10.1 Å². The van der Waals surface area contributed by atoms with E-state index >= 15 is 0 Å². The monoisotopic (exact) mass is 277 g/mol. The molecule has 0 saturated heterocycles. The van der Waals surface area contributed by atoms with Crippen molar-refractivity contribution in [2.24, 2.45) is 0 Å². The van der Waals surface area contributed by atoms with Crippen LogP contribution in [0.2, 0.25) is 0 Å². The van der Waals surface area contributed by atoms with Crippen LogP contribution in [0.3, 0.4) is 0 Å². The molecule has 1 aromatic rings. The third kappa shape index (κ3) is 6.33. The first-order chi connectivity index (χ1) is 8.92. The fraction of sp³-hybridized carbons (Fsp3) is 0.538. The number of ether oxygens (including phenoxy) is 2. The van der Waals surface area contributed by atoms with Crippen molar-refractivity contribution in [2.75, 3.05) is 32.2 Å². The molecule has 1 rings (SSSR count). The molecule has 1 N–H and O–H groups in total. The predicted octanol–water partition coefficient (Wildman–Crippen LogP) is 3.38. The Hall–Kier alpha value is -1.43. The predicted molar refractivity (Wildman–Crippen MR) is 67.7 cm³/mol. The van der Waals surface area contributed by atoms with Gasteiger partial charge in [-0.25, -0.2) is 0 Å². The first kappa shape index (κ1) is 15.6. The van der Waals surface area contributed by atoms with Crippen molar-refractivity contribution in [2.45, 2.75) is 19.5 Å². The summed E-state index contributed by atoms with van der Waals surface area (Å²) >= 11 is 0. The number of anilines is 1. The zero-order chi connectivity index (χ0) is 14.3. The lowest BCUT2D eigenvalue weighted by molar-refractivity contribution is -0.173. The Morgan fingerprint density at radius 1 is 1.26 bits per heavy atom. The molecule has 0 spiro atoms. The van der Waals surface area contributed by atoms with Gasteiger partial charge in [0.2, 0.25) is 0 Å². The zero-order valence-corrected chi connectivity index (χ0v) is 11.0. The summed E-state index contributed by atoms with van der Waals surface area (Å²) in [6.07, 6.45) is -3.73. The molecule has 6 heteroatoms. The molecular weight excluding hydrogens is 259 g/mol. The van der Waals surface area contributed by atoms with Crippen molar-refractivity contribution in [3.05, 3.63) is 23.8 Å². The minimum absolute atomic E-state index is 0.0850. The largest absolute Gasteiger partial charge is 0.496 e. The van der Waals surface area contributed by atoms with E-state index in [4.69, 9.17) is 4.74 Å². The van der Waals surface area contributed by atoms with Crippen molar-refractivity contribution in [3.8, 4) is 5.75 Å². The Labute approximate surface area is 110 Å². The van der Waals surface area contributed by atoms with Crippen LogP contribution in [-0.4, -0.2) is 33.0 Å². The first-order valence-electron chi connectivity index (χ1n) is 5.95. The van der Waals surface area contributed by atoms with Crippen LogP contribution in [0.15, 0.2) is 18.2 Å². The number of hydrogen-bond donors (Lipinski definition) is 1. The molecule has 0 heterocycles. The van der Waals surface area contributed by atoms with E-state index in [9.17, 15) is 13.2 Å². The topological polar surface area (TPSA) is 30.5 Å². The molecule has 108 valence electrons. The molecule has 1 aromatic carbocycles. The summed E-state index contributed by atoms with van der Waals surface area (Å²) in [5.74, 6) is 0.805. The molecule has 0 aliphatic heterocycles. The van der Waals surface area contributed by atoms with Crippen molar-refractivity contribution in [1.29, 1.82) is 0 Å². The molecule has 0 amide bonds. The lowest BCUT2D eigenvalue weighted by atomic mass is 10.2. The third-order valence-electron chi connectivity index (χ3n) is 2.46. The minimum atomic E-state index is -4.25. The second kappa shape index (κ2) is 7.23. The normalized spacial score (nSPS) is 11.4. The number of aryl methyl sites for hydroxylation is 1. The molecule has 0 aliphatic rings. The third-order valence-corrected chi connectivity index (χ3v) is 2.46. The lowest BCUT2D eigenvalue weighted by Gasteiger charge is -2.10. The number of halogens is 3. The SMILES string of the molecule is COc1ccc(NCCCOCC(F)(F)F)cc1C. The number of alkyl halides is 3. The molecule has 19 heavy (non-hydrogen) atoms. The van der Waals surface area contributed by atoms with Gasteiger partial charge in [-0.1, -0.05) is 0 Å². The average molecular weight is 277 g/mol. The Kier molecular flexibility index (Phi) is 5.95. The molecule has 0 saturated carbocycles. The van der Waals surface area contributed by atoms with E-state index in [-0.39, 0.29) is 6.61 Å². The van der Waals surface area contributed by atoms with E-state index in [0.717, 1.165) is 17.0 Å². The van der Waals surface area contributed by atoms with E-state index in [1.807, 2.05) is 25.1 Å². The Morgan fingerprint density at radius 3 is 2.58 bits per heavy atom. The fourth-order valence-corrected chi connectivity index (χ4v) is 1.58. The zero-order valence-electron chi connectivity index (χ0n) is 11.0. The average Bonchev–Trinajstić information content (AvgIpc) is 2.32. The summed E-state index contributed by atoms with van der Waals surface area (Å²) in [6.45, 7) is 1.39. The Balaban J connectivity index is 2.21. The van der Waals surface area contributed by atoms with Crippen LogP contribution in [0.25, 0.3) is 0 Å². The van der Waals surface area contributed by atoms with E-state index in [1.54, 1.807) is 7.11 Å². The highest BCUT2D eigenvalue weighted by atomic mass is 19.4. The molecule has 0 aliphatic carbocycles. The number of hydrogen-bond acceptors (Lipinski definition) is 3. The minimum Gasteiger partial charge on any atom is -0.496 e. The van der Waals surface area contributed by atoms with Gasteiger partial charge in [-0.2, -0.15) is 13.2 Å². The van der Waals surface area contributed by atoms with Crippen molar-refractivity contribution in [3.63, 3.8) is 0 Å². The van der Waals surface area contributed by atoms with Gasteiger partial charge in [0.15, 0.2) is 0 Å². The number of nitrogens with one attached hydrogen (secondary N) is 1.